The summed E-state index contributed by atoms with van der Waals surface area (Å²) in [4.78, 5) is 111. The molecule has 72 heavy (non-hydrogen) atoms. The molecule has 0 bridgehead atoms. The first-order valence-electron chi connectivity index (χ1n) is 24.8. The Hall–Kier alpha value is -6.37. The number of hydrogen-bond acceptors (Lipinski definition) is 10. The van der Waals surface area contributed by atoms with Crippen molar-refractivity contribution in [3.63, 3.8) is 0 Å². The van der Waals surface area contributed by atoms with Gasteiger partial charge in [-0.2, -0.15) is 0 Å². The van der Waals surface area contributed by atoms with Crippen LogP contribution in [-0.4, -0.2) is 126 Å². The van der Waals surface area contributed by atoms with Gasteiger partial charge < -0.3 is 47.4 Å². The second-order valence-electron chi connectivity index (χ2n) is 19.9. The number of hydrogen-bond donors (Lipinski definition) is 8. The van der Waals surface area contributed by atoms with E-state index in [2.05, 4.69) is 48.6 Å². The van der Waals surface area contributed by atoms with Gasteiger partial charge in [-0.25, -0.2) is 4.42 Å². The van der Waals surface area contributed by atoms with E-state index in [0.29, 0.717) is 0 Å². The summed E-state index contributed by atoms with van der Waals surface area (Å²) in [5.41, 5.74) is 2.57. The minimum Gasteiger partial charge on any atom is -0.352 e. The summed E-state index contributed by atoms with van der Waals surface area (Å²) in [6.45, 7) is 12.2. The fourth-order valence-corrected chi connectivity index (χ4v) is 8.90. The van der Waals surface area contributed by atoms with E-state index in [0.717, 1.165) is 36.0 Å². The highest BCUT2D eigenvalue weighted by Gasteiger charge is 2.46. The lowest BCUT2D eigenvalue weighted by Crippen LogP contribution is -2.59. The van der Waals surface area contributed by atoms with Gasteiger partial charge in [0, 0.05) is 37.3 Å². The van der Waals surface area contributed by atoms with Crippen LogP contribution in [0.1, 0.15) is 130 Å². The molecule has 18 nitrogen and oxygen atoms in total. The van der Waals surface area contributed by atoms with Crippen LogP contribution in [0.25, 0.3) is 0 Å². The average Bonchev–Trinajstić information content (AvgIpc) is 3.79. The summed E-state index contributed by atoms with van der Waals surface area (Å²) in [6, 6.07) is 16.6. The molecule has 1 saturated heterocycles. The maximum Gasteiger partial charge on any atom is 0.251 e. The summed E-state index contributed by atoms with van der Waals surface area (Å²) in [6.07, 6.45) is 2.81. The molecule has 8 N–H and O–H groups in total. The predicted molar refractivity (Wildman–Crippen MR) is 275 cm³/mol. The summed E-state index contributed by atoms with van der Waals surface area (Å²) in [5.74, 6) is -3.85. The van der Waals surface area contributed by atoms with Crippen LogP contribution in [0, 0.1) is 5.41 Å². The standard InChI is InChI=1S/C53H73ClN10O8/c1-10-40(59-46(66)33(4)63(9)54)49(69)61-42(50(70)57-31(2)34-18-12-11-13-19-34)26-27-56-47(67)36-22-16-23-37(28-36)48(68)58-38-29-43(51(71)60-41-25-17-21-35-20-14-15-24-39(35)41)64(30-38)52(72)44(53(5,6)7)62-45(65)32(3)55-8/h11-16,18-20,22-24,28,31-33,38,40-44,55H,10,17,21,25-27,29-30H2,1-9H3,(H,56,67)(H,57,70)(H,58,68)(H,59,66)(H,60,71)(H,61,69)(H,62,65)/t31-,32+,33+,38+,40+,41-,42+,43+,44-/m1/s1. The number of nitrogens with zero attached hydrogens (tertiary/aromatic N) is 2. The average molecular weight is 1010 g/mol. The third-order valence-corrected chi connectivity index (χ3v) is 13.8. The Balaban J connectivity index is 1.29. The first-order chi connectivity index (χ1) is 34.1. The number of likely N-dealkylation sites (N-methyl/N-ethyl adjacent to an activating group) is 2. The van der Waals surface area contributed by atoms with Crippen LogP contribution in [0.3, 0.4) is 0 Å². The molecule has 390 valence electrons. The first kappa shape index (κ1) is 56.5. The summed E-state index contributed by atoms with van der Waals surface area (Å²) >= 11 is 5.98. The van der Waals surface area contributed by atoms with Crippen LogP contribution >= 0.6 is 11.8 Å². The number of likely N-dealkylation sites (tertiary alicyclic amines) is 1. The van der Waals surface area contributed by atoms with E-state index in [1.54, 1.807) is 40.0 Å². The Morgan fingerprint density at radius 3 is 2.06 bits per heavy atom. The van der Waals surface area contributed by atoms with Gasteiger partial charge in [0.1, 0.15) is 30.2 Å². The van der Waals surface area contributed by atoms with Gasteiger partial charge in [0.25, 0.3) is 11.8 Å². The maximum atomic E-state index is 14.6. The molecule has 0 radical (unpaired) electrons. The number of nitrogens with one attached hydrogen (secondary N) is 8. The Kier molecular flexibility index (Phi) is 20.3. The van der Waals surface area contributed by atoms with Crippen molar-refractivity contribution < 1.29 is 38.4 Å². The molecule has 0 spiro atoms. The lowest BCUT2D eigenvalue weighted by molar-refractivity contribution is -0.144. The quantitative estimate of drug-likeness (QED) is 0.0723. The zero-order chi connectivity index (χ0) is 52.9. The summed E-state index contributed by atoms with van der Waals surface area (Å²) in [5, 5.41) is 23.1. The molecule has 3 aromatic carbocycles. The van der Waals surface area contributed by atoms with Crippen molar-refractivity contribution in [2.75, 3.05) is 27.2 Å². The van der Waals surface area contributed by atoms with Crippen molar-refractivity contribution in [1.82, 2.24) is 51.9 Å². The first-order valence-corrected chi connectivity index (χ1v) is 25.2. The topological polar surface area (TPSA) is 239 Å². The van der Waals surface area contributed by atoms with E-state index in [4.69, 9.17) is 11.8 Å². The van der Waals surface area contributed by atoms with Crippen LogP contribution in [0.2, 0.25) is 0 Å². The van der Waals surface area contributed by atoms with Gasteiger partial charge in [-0.1, -0.05) is 88.4 Å². The fraction of sp³-hybridized carbons (Fsp3) is 0.509. The lowest BCUT2D eigenvalue weighted by atomic mass is 9.85. The van der Waals surface area contributed by atoms with Crippen molar-refractivity contribution in [3.05, 3.63) is 107 Å². The smallest absolute Gasteiger partial charge is 0.251 e. The van der Waals surface area contributed by atoms with Crippen molar-refractivity contribution in [2.24, 2.45) is 5.41 Å². The summed E-state index contributed by atoms with van der Waals surface area (Å²) in [7, 11) is 3.16. The van der Waals surface area contributed by atoms with Crippen molar-refractivity contribution in [2.45, 2.75) is 141 Å². The molecule has 2 aliphatic rings. The minimum absolute atomic E-state index is 0.0151. The minimum atomic E-state index is -1.12. The Bertz CT molecular complexity index is 2410. The number of benzene rings is 3. The highest BCUT2D eigenvalue weighted by molar-refractivity contribution is 6.14. The van der Waals surface area contributed by atoms with E-state index in [1.165, 1.54) is 28.5 Å². The largest absolute Gasteiger partial charge is 0.352 e. The Labute approximate surface area is 428 Å². The third-order valence-electron chi connectivity index (χ3n) is 13.5. The molecule has 3 aromatic rings. The molecule has 5 rings (SSSR count). The fourth-order valence-electron chi connectivity index (χ4n) is 8.81. The maximum absolute atomic E-state index is 14.6. The second-order valence-corrected chi connectivity index (χ2v) is 20.4. The van der Waals surface area contributed by atoms with Crippen LogP contribution in [0.4, 0.5) is 0 Å². The van der Waals surface area contributed by atoms with Crippen molar-refractivity contribution in [3.8, 4) is 0 Å². The van der Waals surface area contributed by atoms with E-state index < -0.39 is 89.2 Å². The van der Waals surface area contributed by atoms with Crippen LogP contribution in [0.5, 0.6) is 0 Å². The number of aryl methyl sites for hydroxylation is 1. The van der Waals surface area contributed by atoms with Gasteiger partial charge in [-0.15, -0.1) is 0 Å². The monoisotopic (exact) mass is 1010 g/mol. The molecule has 0 aromatic heterocycles. The second kappa shape index (κ2) is 25.8. The van der Waals surface area contributed by atoms with Crippen LogP contribution in [0.15, 0.2) is 78.9 Å². The molecule has 1 aliphatic carbocycles. The van der Waals surface area contributed by atoms with Gasteiger partial charge in [-0.05, 0) is 118 Å². The molecule has 1 aliphatic heterocycles. The van der Waals surface area contributed by atoms with Crippen molar-refractivity contribution in [1.29, 1.82) is 0 Å². The van der Waals surface area contributed by atoms with Gasteiger partial charge in [0.2, 0.25) is 35.4 Å². The molecule has 1 heterocycles. The Morgan fingerprint density at radius 1 is 0.764 bits per heavy atom. The summed E-state index contributed by atoms with van der Waals surface area (Å²) < 4.78 is 1.19. The van der Waals surface area contributed by atoms with E-state index in [1.807, 2.05) is 76.2 Å². The zero-order valence-corrected chi connectivity index (χ0v) is 43.7. The number of amides is 8. The zero-order valence-electron chi connectivity index (χ0n) is 42.9. The molecular formula is C53H73ClN10O8. The number of fused-ring (bicyclic) bond motifs is 1. The van der Waals surface area contributed by atoms with E-state index in [-0.39, 0.29) is 61.3 Å². The molecule has 8 amide bonds. The molecule has 0 saturated carbocycles. The Morgan fingerprint density at radius 2 is 1.40 bits per heavy atom. The van der Waals surface area contributed by atoms with E-state index >= 15 is 0 Å². The molecule has 19 heteroatoms. The van der Waals surface area contributed by atoms with Crippen LogP contribution < -0.4 is 42.5 Å². The molecule has 1 fully saturated rings. The van der Waals surface area contributed by atoms with Gasteiger partial charge in [0.15, 0.2) is 0 Å². The number of carbonyl (C=O) groups excluding carboxylic acids is 8. The SMILES string of the molecule is CC[C@H](NC(=O)[C@H](C)N(C)Cl)C(=O)N[C@@H](CCNC(=O)c1cccc(C(=O)N[C@H]2C[C@@H](C(=O)N[C@@H]3CCCc4ccccc43)N(C(=O)[C@@H](NC(=O)[C@H](C)NC)C(C)(C)C)C2)c1)C(=O)N[C@H](C)c1ccccc1. The number of carbonyl (C=O) groups is 8. The predicted octanol–water partition coefficient (Wildman–Crippen LogP) is 3.57. The lowest BCUT2D eigenvalue weighted by Gasteiger charge is -2.36. The van der Waals surface area contributed by atoms with Gasteiger partial charge >= 0.3 is 0 Å². The molecular weight excluding hydrogens is 940 g/mol. The van der Waals surface area contributed by atoms with E-state index in [9.17, 15) is 38.4 Å². The molecule has 9 atom stereocenters. The third kappa shape index (κ3) is 15.1. The van der Waals surface area contributed by atoms with Gasteiger partial charge in [-0.3, -0.25) is 38.4 Å². The van der Waals surface area contributed by atoms with Gasteiger partial charge in [0.05, 0.1) is 18.1 Å². The number of halogens is 1. The van der Waals surface area contributed by atoms with Crippen molar-refractivity contribution >= 4 is 59.0 Å². The van der Waals surface area contributed by atoms with Crippen LogP contribution in [-0.2, 0) is 35.2 Å². The normalized spacial score (nSPS) is 19.0. The highest BCUT2D eigenvalue weighted by atomic mass is 35.5. The highest BCUT2D eigenvalue weighted by Crippen LogP contribution is 2.31. The number of rotatable bonds is 21. The molecule has 0 unspecified atom stereocenters.